The lowest BCUT2D eigenvalue weighted by molar-refractivity contribution is 0.509. The summed E-state index contributed by atoms with van der Waals surface area (Å²) in [6.07, 6.45) is 7.50. The van der Waals surface area contributed by atoms with Gasteiger partial charge in [0, 0.05) is 0 Å². The largest absolute Gasteiger partial charge is 0.147 e. The minimum Gasteiger partial charge on any atom is -0.147 e. The molecular weight excluding hydrogens is 187 g/mol. The fourth-order valence-corrected chi connectivity index (χ4v) is 3.78. The fourth-order valence-electron chi connectivity index (χ4n) is 1.86. The summed E-state index contributed by atoms with van der Waals surface area (Å²) >= 11 is 0. The highest BCUT2D eigenvalue weighted by Crippen LogP contribution is 2.41. The lowest BCUT2D eigenvalue weighted by Crippen LogP contribution is -2.15. The number of hydrogen-bond donors (Lipinski definition) is 0. The van der Waals surface area contributed by atoms with Crippen molar-refractivity contribution in [3.05, 3.63) is 0 Å². The highest BCUT2D eigenvalue weighted by molar-refractivity contribution is 7.40. The molecule has 2 heteroatoms. The molecule has 1 rings (SSSR count). The number of rotatable bonds is 1. The molecule has 1 unspecified atom stereocenters. The molecule has 0 saturated heterocycles. The van der Waals surface area contributed by atoms with Crippen molar-refractivity contribution in [2.24, 2.45) is 0 Å². The molecule has 1 fully saturated rings. The third-order valence-corrected chi connectivity index (χ3v) is 4.09. The van der Waals surface area contributed by atoms with Gasteiger partial charge >= 0.3 is 0 Å². The van der Waals surface area contributed by atoms with Gasteiger partial charge in [-0.3, -0.25) is 0 Å². The molecule has 0 aromatic rings. The number of halogens is 1. The summed E-state index contributed by atoms with van der Waals surface area (Å²) in [5, 5.41) is 0.585. The first-order valence-corrected chi connectivity index (χ1v) is 5.93. The van der Waals surface area contributed by atoms with Crippen molar-refractivity contribution in [2.75, 3.05) is 0 Å². The zero-order chi connectivity index (χ0) is 8.32. The van der Waals surface area contributed by atoms with E-state index in [0.717, 1.165) is 5.66 Å². The zero-order valence-corrected chi connectivity index (χ0v) is 10.3. The first-order valence-electron chi connectivity index (χ1n) is 4.86. The van der Waals surface area contributed by atoms with Crippen LogP contribution in [0, 0.1) is 0 Å². The van der Waals surface area contributed by atoms with Gasteiger partial charge in [-0.15, -0.1) is 21.0 Å². The van der Waals surface area contributed by atoms with Crippen LogP contribution >= 0.6 is 21.0 Å². The second-order valence-corrected chi connectivity index (χ2v) is 7.33. The smallest absolute Gasteiger partial charge is 0.0204 e. The first-order chi connectivity index (χ1) is 5.08. The minimum absolute atomic E-state index is 0. The lowest BCUT2D eigenvalue weighted by atomic mass is 10.0. The van der Waals surface area contributed by atoms with Gasteiger partial charge in [0.2, 0.25) is 0 Å². The standard InChI is InChI=1S/C10H21P.ClH/c1-10(2,3)11-9-7-5-4-6-8-9;/h9,11H,4-8H2,1-3H3;1H. The van der Waals surface area contributed by atoms with Gasteiger partial charge < -0.3 is 0 Å². The van der Waals surface area contributed by atoms with E-state index in [-0.39, 0.29) is 12.4 Å². The van der Waals surface area contributed by atoms with Crippen molar-refractivity contribution < 1.29 is 0 Å². The summed E-state index contributed by atoms with van der Waals surface area (Å²) in [5.74, 6) is 0. The molecule has 0 N–H and O–H groups in total. The van der Waals surface area contributed by atoms with E-state index in [9.17, 15) is 0 Å². The molecule has 0 radical (unpaired) electrons. The lowest BCUT2D eigenvalue weighted by Gasteiger charge is -2.28. The van der Waals surface area contributed by atoms with Crippen LogP contribution in [0.25, 0.3) is 0 Å². The van der Waals surface area contributed by atoms with Crippen LogP contribution in [0.1, 0.15) is 52.9 Å². The maximum absolute atomic E-state index is 2.38. The predicted octanol–water partition coefficient (Wildman–Crippen LogP) is 4.22. The van der Waals surface area contributed by atoms with Crippen molar-refractivity contribution in [1.82, 2.24) is 0 Å². The molecule has 0 nitrogen and oxygen atoms in total. The molecule has 12 heavy (non-hydrogen) atoms. The topological polar surface area (TPSA) is 0 Å². The normalized spacial score (nSPS) is 21.2. The van der Waals surface area contributed by atoms with Gasteiger partial charge in [0.1, 0.15) is 0 Å². The Morgan fingerprint density at radius 3 is 1.92 bits per heavy atom. The summed E-state index contributed by atoms with van der Waals surface area (Å²) < 4.78 is 0. The summed E-state index contributed by atoms with van der Waals surface area (Å²) in [5.41, 5.74) is 1.07. The molecule has 1 aliphatic rings. The zero-order valence-electron chi connectivity index (χ0n) is 8.52. The van der Waals surface area contributed by atoms with Gasteiger partial charge in [0.15, 0.2) is 0 Å². The van der Waals surface area contributed by atoms with E-state index < -0.39 is 0 Å². The van der Waals surface area contributed by atoms with Gasteiger partial charge in [-0.1, -0.05) is 40.0 Å². The van der Waals surface area contributed by atoms with Crippen molar-refractivity contribution in [3.8, 4) is 0 Å². The van der Waals surface area contributed by atoms with Crippen LogP contribution < -0.4 is 0 Å². The molecule has 0 aromatic carbocycles. The Labute approximate surface area is 85.1 Å². The SMILES string of the molecule is CC(C)(C)PC1CCCCC1.Cl. The van der Waals surface area contributed by atoms with E-state index in [0.29, 0.717) is 5.16 Å². The molecule has 0 bridgehead atoms. The minimum atomic E-state index is 0. The summed E-state index contributed by atoms with van der Waals surface area (Å²) in [4.78, 5) is 0. The van der Waals surface area contributed by atoms with Crippen LogP contribution in [0.2, 0.25) is 0 Å². The Bertz CT molecular complexity index is 111. The van der Waals surface area contributed by atoms with Crippen molar-refractivity contribution in [3.63, 3.8) is 0 Å². The molecule has 0 aromatic heterocycles. The molecule has 1 atom stereocenters. The van der Waals surface area contributed by atoms with Gasteiger partial charge in [-0.2, -0.15) is 0 Å². The molecule has 0 spiro atoms. The van der Waals surface area contributed by atoms with E-state index in [4.69, 9.17) is 0 Å². The first kappa shape index (κ1) is 12.7. The highest BCUT2D eigenvalue weighted by atomic mass is 35.5. The second-order valence-electron chi connectivity index (χ2n) is 4.73. The Balaban J connectivity index is 0.00000121. The molecule has 0 heterocycles. The van der Waals surface area contributed by atoms with Crippen molar-refractivity contribution >= 4 is 21.0 Å². The summed E-state index contributed by atoms with van der Waals surface area (Å²) in [6.45, 7) is 7.13. The van der Waals surface area contributed by atoms with Crippen LogP contribution in [-0.4, -0.2) is 10.8 Å². The average molecular weight is 209 g/mol. The predicted molar refractivity (Wildman–Crippen MR) is 62.2 cm³/mol. The van der Waals surface area contributed by atoms with Crippen LogP contribution in [0.3, 0.4) is 0 Å². The quantitative estimate of drug-likeness (QED) is 0.566. The molecule has 0 aliphatic heterocycles. The van der Waals surface area contributed by atoms with Crippen LogP contribution in [0.5, 0.6) is 0 Å². The van der Waals surface area contributed by atoms with E-state index in [1.165, 1.54) is 40.7 Å². The third-order valence-electron chi connectivity index (χ3n) is 2.24. The van der Waals surface area contributed by atoms with Gasteiger partial charge in [0.25, 0.3) is 0 Å². The molecule has 1 aliphatic carbocycles. The molecular formula is C10H22ClP. The van der Waals surface area contributed by atoms with E-state index in [1.54, 1.807) is 0 Å². The Morgan fingerprint density at radius 1 is 1.00 bits per heavy atom. The highest BCUT2D eigenvalue weighted by Gasteiger charge is 2.19. The third kappa shape index (κ3) is 5.38. The van der Waals surface area contributed by atoms with Crippen molar-refractivity contribution in [1.29, 1.82) is 0 Å². The van der Waals surface area contributed by atoms with Gasteiger partial charge in [0.05, 0.1) is 0 Å². The second kappa shape index (κ2) is 5.45. The molecule has 74 valence electrons. The molecule has 0 amide bonds. The van der Waals surface area contributed by atoms with E-state index >= 15 is 0 Å². The maximum Gasteiger partial charge on any atom is -0.0204 e. The fraction of sp³-hybridized carbons (Fsp3) is 1.00. The Morgan fingerprint density at radius 2 is 1.50 bits per heavy atom. The monoisotopic (exact) mass is 208 g/mol. The van der Waals surface area contributed by atoms with Crippen molar-refractivity contribution in [2.45, 2.75) is 63.7 Å². The van der Waals surface area contributed by atoms with Gasteiger partial charge in [-0.05, 0) is 23.7 Å². The Kier molecular flexibility index (Phi) is 5.78. The van der Waals surface area contributed by atoms with Crippen LogP contribution in [0.4, 0.5) is 0 Å². The van der Waals surface area contributed by atoms with Gasteiger partial charge in [-0.25, -0.2) is 0 Å². The van der Waals surface area contributed by atoms with E-state index in [1.807, 2.05) is 0 Å². The summed E-state index contributed by atoms with van der Waals surface area (Å²) in [6, 6.07) is 0. The molecule has 1 saturated carbocycles. The average Bonchev–Trinajstić information content (AvgIpc) is 1.85. The maximum atomic E-state index is 2.38. The Hall–Kier alpha value is 0.720. The van der Waals surface area contributed by atoms with E-state index in [2.05, 4.69) is 20.8 Å². The van der Waals surface area contributed by atoms with Crippen LogP contribution in [0.15, 0.2) is 0 Å². The summed E-state index contributed by atoms with van der Waals surface area (Å²) in [7, 11) is 1.19. The van der Waals surface area contributed by atoms with Crippen LogP contribution in [-0.2, 0) is 0 Å². The number of hydrogen-bond acceptors (Lipinski definition) is 0.